The lowest BCUT2D eigenvalue weighted by Gasteiger charge is -2.18. The van der Waals surface area contributed by atoms with Crippen LogP contribution in [-0.4, -0.2) is 6.18 Å². The van der Waals surface area contributed by atoms with Crippen molar-refractivity contribution in [1.29, 1.82) is 0 Å². The highest BCUT2D eigenvalue weighted by Crippen LogP contribution is 2.36. The van der Waals surface area contributed by atoms with E-state index in [1.54, 1.807) is 31.2 Å². The zero-order valence-corrected chi connectivity index (χ0v) is 8.23. The normalized spacial score (nSPS) is 14.1. The minimum Gasteiger partial charge on any atom is -0.170 e. The molecule has 0 aromatic heterocycles. The van der Waals surface area contributed by atoms with Crippen LogP contribution in [0.3, 0.4) is 0 Å². The lowest BCUT2D eigenvalue weighted by Crippen LogP contribution is -2.19. The molecule has 78 valence electrons. The Labute approximate surface area is 81.8 Å². The molecule has 1 aromatic carbocycles. The topological polar surface area (TPSA) is 0 Å². The van der Waals surface area contributed by atoms with Gasteiger partial charge >= 0.3 is 6.18 Å². The Balaban J connectivity index is 2.96. The van der Waals surface area contributed by atoms with Crippen molar-refractivity contribution < 1.29 is 13.2 Å². The highest BCUT2D eigenvalue weighted by molar-refractivity contribution is 5.25. The first-order valence-corrected chi connectivity index (χ1v) is 4.58. The summed E-state index contributed by atoms with van der Waals surface area (Å²) in [7, 11) is 0. The van der Waals surface area contributed by atoms with E-state index >= 15 is 0 Å². The van der Waals surface area contributed by atoms with Gasteiger partial charge in [-0.3, -0.25) is 0 Å². The fraction of sp³-hybridized carbons (Fsp3) is 0.455. The average molecular weight is 202 g/mol. The van der Waals surface area contributed by atoms with Gasteiger partial charge in [0.25, 0.3) is 0 Å². The summed E-state index contributed by atoms with van der Waals surface area (Å²) in [5, 5.41) is 0. The van der Waals surface area contributed by atoms with E-state index in [4.69, 9.17) is 0 Å². The van der Waals surface area contributed by atoms with Crippen molar-refractivity contribution in [3.05, 3.63) is 35.4 Å². The molecule has 0 aliphatic heterocycles. The highest BCUT2D eigenvalue weighted by Gasteiger charge is 2.38. The largest absolute Gasteiger partial charge is 0.395 e. The van der Waals surface area contributed by atoms with Crippen LogP contribution in [0.2, 0.25) is 0 Å². The summed E-state index contributed by atoms with van der Waals surface area (Å²) in [4.78, 5) is 0. The fourth-order valence-electron chi connectivity index (χ4n) is 1.45. The van der Waals surface area contributed by atoms with Crippen LogP contribution >= 0.6 is 0 Å². The molecule has 0 fully saturated rings. The first kappa shape index (κ1) is 11.1. The molecule has 1 aromatic rings. The number of hydrogen-bond donors (Lipinski definition) is 0. The van der Waals surface area contributed by atoms with Crippen molar-refractivity contribution in [3.63, 3.8) is 0 Å². The van der Waals surface area contributed by atoms with Gasteiger partial charge in [-0.15, -0.1) is 0 Å². The molecule has 0 N–H and O–H groups in total. The molecule has 0 amide bonds. The minimum atomic E-state index is -4.13. The van der Waals surface area contributed by atoms with Crippen molar-refractivity contribution in [2.75, 3.05) is 0 Å². The van der Waals surface area contributed by atoms with Gasteiger partial charge in [-0.25, -0.2) is 0 Å². The van der Waals surface area contributed by atoms with Crippen molar-refractivity contribution in [2.24, 2.45) is 0 Å². The molecule has 3 heteroatoms. The van der Waals surface area contributed by atoms with Crippen LogP contribution in [0.5, 0.6) is 0 Å². The Kier molecular flexibility index (Phi) is 3.19. The van der Waals surface area contributed by atoms with Gasteiger partial charge in [0.15, 0.2) is 0 Å². The standard InChI is InChI=1S/C11H13F3/c1-3-10(11(12,13)14)9-6-4-8(2)5-7-9/h4-7,10H,3H2,1-2H3/t10-/m0/s1. The van der Waals surface area contributed by atoms with Crippen LogP contribution in [0, 0.1) is 6.92 Å². The van der Waals surface area contributed by atoms with Crippen LogP contribution in [0.25, 0.3) is 0 Å². The number of alkyl halides is 3. The number of aryl methyl sites for hydroxylation is 1. The van der Waals surface area contributed by atoms with E-state index in [9.17, 15) is 13.2 Å². The zero-order valence-electron chi connectivity index (χ0n) is 8.23. The molecule has 0 aliphatic carbocycles. The fourth-order valence-corrected chi connectivity index (χ4v) is 1.45. The van der Waals surface area contributed by atoms with Gasteiger partial charge in [-0.05, 0) is 18.9 Å². The molecule has 0 nitrogen and oxygen atoms in total. The van der Waals surface area contributed by atoms with Crippen molar-refractivity contribution in [3.8, 4) is 0 Å². The van der Waals surface area contributed by atoms with Crippen molar-refractivity contribution >= 4 is 0 Å². The van der Waals surface area contributed by atoms with Crippen LogP contribution in [0.15, 0.2) is 24.3 Å². The molecule has 1 rings (SSSR count). The highest BCUT2D eigenvalue weighted by atomic mass is 19.4. The summed E-state index contributed by atoms with van der Waals surface area (Å²) in [5.41, 5.74) is 1.33. The van der Waals surface area contributed by atoms with Crippen molar-refractivity contribution in [1.82, 2.24) is 0 Å². The quantitative estimate of drug-likeness (QED) is 0.678. The summed E-state index contributed by atoms with van der Waals surface area (Å²) in [6.07, 6.45) is -4.05. The van der Waals surface area contributed by atoms with Gasteiger partial charge in [0.05, 0.1) is 5.92 Å². The smallest absolute Gasteiger partial charge is 0.170 e. The molecule has 1 atom stereocenters. The average Bonchev–Trinajstić information content (AvgIpc) is 2.07. The van der Waals surface area contributed by atoms with E-state index in [1.807, 2.05) is 6.92 Å². The maximum Gasteiger partial charge on any atom is 0.395 e. The predicted octanol–water partition coefficient (Wildman–Crippen LogP) is 4.05. The van der Waals surface area contributed by atoms with Crippen LogP contribution in [0.4, 0.5) is 13.2 Å². The molecule has 0 aliphatic rings. The molecule has 0 saturated carbocycles. The lowest BCUT2D eigenvalue weighted by atomic mass is 9.95. The van der Waals surface area contributed by atoms with Gasteiger partial charge in [0.2, 0.25) is 0 Å². The van der Waals surface area contributed by atoms with E-state index < -0.39 is 12.1 Å². The summed E-state index contributed by atoms with van der Waals surface area (Å²) < 4.78 is 37.5. The first-order chi connectivity index (χ1) is 6.45. The number of rotatable bonds is 2. The zero-order chi connectivity index (χ0) is 10.8. The van der Waals surface area contributed by atoms with Crippen molar-refractivity contribution in [2.45, 2.75) is 32.4 Å². The minimum absolute atomic E-state index is 0.0898. The predicted molar refractivity (Wildman–Crippen MR) is 50.3 cm³/mol. The summed E-state index contributed by atoms with van der Waals surface area (Å²) in [5.74, 6) is -1.33. The van der Waals surface area contributed by atoms with Gasteiger partial charge in [0, 0.05) is 0 Å². The van der Waals surface area contributed by atoms with Gasteiger partial charge in [-0.1, -0.05) is 36.8 Å². The Bertz CT molecular complexity index is 284. The molecule has 0 bridgehead atoms. The van der Waals surface area contributed by atoms with Gasteiger partial charge < -0.3 is 0 Å². The molecular formula is C11H13F3. The second kappa shape index (κ2) is 4.03. The van der Waals surface area contributed by atoms with Gasteiger partial charge in [0.1, 0.15) is 0 Å². The Hall–Kier alpha value is -0.990. The van der Waals surface area contributed by atoms with Crippen LogP contribution in [0.1, 0.15) is 30.4 Å². The molecule has 0 heterocycles. The Morgan fingerprint density at radius 1 is 1.14 bits per heavy atom. The SMILES string of the molecule is CC[C@@H](c1ccc(C)cc1)C(F)(F)F. The number of halogens is 3. The van der Waals surface area contributed by atoms with Gasteiger partial charge in [-0.2, -0.15) is 13.2 Å². The van der Waals surface area contributed by atoms with Crippen LogP contribution < -0.4 is 0 Å². The summed E-state index contributed by atoms with van der Waals surface area (Å²) in [6.45, 7) is 3.41. The first-order valence-electron chi connectivity index (χ1n) is 4.58. The lowest BCUT2D eigenvalue weighted by molar-refractivity contribution is -0.151. The Morgan fingerprint density at radius 3 is 2.00 bits per heavy atom. The molecule has 14 heavy (non-hydrogen) atoms. The molecule has 0 unspecified atom stereocenters. The summed E-state index contributed by atoms with van der Waals surface area (Å²) >= 11 is 0. The number of benzene rings is 1. The Morgan fingerprint density at radius 2 is 1.64 bits per heavy atom. The third-order valence-corrected chi connectivity index (χ3v) is 2.28. The monoisotopic (exact) mass is 202 g/mol. The number of hydrogen-bond acceptors (Lipinski definition) is 0. The molecule has 0 saturated heterocycles. The third-order valence-electron chi connectivity index (χ3n) is 2.28. The molecule has 0 spiro atoms. The second-order valence-corrected chi connectivity index (χ2v) is 3.41. The maximum atomic E-state index is 12.5. The van der Waals surface area contributed by atoms with E-state index in [1.165, 1.54) is 0 Å². The third kappa shape index (κ3) is 2.50. The van der Waals surface area contributed by atoms with E-state index in [0.717, 1.165) is 5.56 Å². The summed E-state index contributed by atoms with van der Waals surface area (Å²) in [6, 6.07) is 6.53. The second-order valence-electron chi connectivity index (χ2n) is 3.41. The molecule has 0 radical (unpaired) electrons. The maximum absolute atomic E-state index is 12.5. The van der Waals surface area contributed by atoms with Crippen LogP contribution in [-0.2, 0) is 0 Å². The van der Waals surface area contributed by atoms with E-state index in [2.05, 4.69) is 0 Å². The van der Waals surface area contributed by atoms with E-state index in [0.29, 0.717) is 5.56 Å². The van der Waals surface area contributed by atoms with E-state index in [-0.39, 0.29) is 6.42 Å². The molecular weight excluding hydrogens is 189 g/mol.